The van der Waals surface area contributed by atoms with E-state index < -0.39 is 10.0 Å². The van der Waals surface area contributed by atoms with Crippen LogP contribution >= 0.6 is 0 Å². The first kappa shape index (κ1) is 14.4. The van der Waals surface area contributed by atoms with Crippen LogP contribution in [0.1, 0.15) is 12.6 Å². The second-order valence-electron chi connectivity index (χ2n) is 4.31. The predicted octanol–water partition coefficient (Wildman–Crippen LogP) is 1.93. The van der Waals surface area contributed by atoms with Gasteiger partial charge in [-0.15, -0.1) is 0 Å². The largest absolute Gasteiger partial charge is 0.494 e. The van der Waals surface area contributed by atoms with E-state index in [0.29, 0.717) is 23.7 Å². The maximum Gasteiger partial charge on any atom is 0.262 e. The summed E-state index contributed by atoms with van der Waals surface area (Å²) < 4.78 is 33.9. The fourth-order valence-electron chi connectivity index (χ4n) is 1.79. The third kappa shape index (κ3) is 3.11. The van der Waals surface area contributed by atoms with E-state index in [1.165, 1.54) is 12.1 Å². The quantitative estimate of drug-likeness (QED) is 0.914. The summed E-state index contributed by atoms with van der Waals surface area (Å²) in [4.78, 5) is 0.184. The Morgan fingerprint density at radius 2 is 1.95 bits per heavy atom. The molecule has 0 bridgehead atoms. The van der Waals surface area contributed by atoms with E-state index in [1.54, 1.807) is 37.0 Å². The van der Waals surface area contributed by atoms with E-state index in [2.05, 4.69) is 9.82 Å². The summed E-state index contributed by atoms with van der Waals surface area (Å²) in [6.07, 6.45) is 1.63. The molecule has 0 fully saturated rings. The molecule has 1 heterocycles. The highest BCUT2D eigenvalue weighted by atomic mass is 32.2. The molecular formula is C13H17N3O3S. The topological polar surface area (TPSA) is 73.2 Å². The van der Waals surface area contributed by atoms with Gasteiger partial charge in [0, 0.05) is 13.2 Å². The molecule has 20 heavy (non-hydrogen) atoms. The van der Waals surface area contributed by atoms with Gasteiger partial charge in [0.15, 0.2) is 0 Å². The molecule has 0 atom stereocenters. The molecule has 0 aliphatic heterocycles. The number of benzene rings is 1. The van der Waals surface area contributed by atoms with Gasteiger partial charge in [0.2, 0.25) is 0 Å². The van der Waals surface area contributed by atoms with E-state index in [1.807, 2.05) is 6.92 Å². The summed E-state index contributed by atoms with van der Waals surface area (Å²) in [6.45, 7) is 4.16. The number of nitrogens with one attached hydrogen (secondary N) is 1. The number of rotatable bonds is 5. The molecule has 2 rings (SSSR count). The van der Waals surface area contributed by atoms with Crippen LogP contribution < -0.4 is 9.46 Å². The Kier molecular flexibility index (Phi) is 3.99. The maximum absolute atomic E-state index is 12.2. The van der Waals surface area contributed by atoms with Crippen LogP contribution in [0.5, 0.6) is 5.75 Å². The minimum absolute atomic E-state index is 0.184. The van der Waals surface area contributed by atoms with Crippen molar-refractivity contribution in [3.05, 3.63) is 36.2 Å². The Labute approximate surface area is 118 Å². The van der Waals surface area contributed by atoms with Crippen molar-refractivity contribution in [1.82, 2.24) is 9.78 Å². The van der Waals surface area contributed by atoms with Crippen molar-refractivity contribution >= 4 is 15.7 Å². The standard InChI is InChI=1S/C13H17N3O3S/c1-4-19-11-5-7-12(8-6-11)20(17,18)15-13-9-16(3)14-10(13)2/h5-9,15H,4H2,1-3H3. The lowest BCUT2D eigenvalue weighted by Crippen LogP contribution is -2.13. The van der Waals surface area contributed by atoms with Gasteiger partial charge in [0.1, 0.15) is 5.75 Å². The smallest absolute Gasteiger partial charge is 0.262 e. The normalized spacial score (nSPS) is 11.3. The van der Waals surface area contributed by atoms with Crippen molar-refractivity contribution < 1.29 is 13.2 Å². The van der Waals surface area contributed by atoms with Gasteiger partial charge in [-0.3, -0.25) is 9.40 Å². The lowest BCUT2D eigenvalue weighted by molar-refractivity contribution is 0.340. The fraction of sp³-hybridized carbons (Fsp3) is 0.308. The molecule has 1 aromatic carbocycles. The van der Waals surface area contributed by atoms with E-state index in [9.17, 15) is 8.42 Å². The van der Waals surface area contributed by atoms with Crippen LogP contribution in [0.15, 0.2) is 35.4 Å². The van der Waals surface area contributed by atoms with Crippen LogP contribution in [0.25, 0.3) is 0 Å². The lowest BCUT2D eigenvalue weighted by Gasteiger charge is -2.08. The van der Waals surface area contributed by atoms with Crippen LogP contribution in [0, 0.1) is 6.92 Å². The molecule has 0 spiro atoms. The molecule has 1 N–H and O–H groups in total. The molecule has 0 amide bonds. The molecule has 6 nitrogen and oxygen atoms in total. The molecule has 7 heteroatoms. The van der Waals surface area contributed by atoms with Gasteiger partial charge in [-0.25, -0.2) is 8.42 Å². The first-order valence-electron chi connectivity index (χ1n) is 6.18. The molecular weight excluding hydrogens is 278 g/mol. The van der Waals surface area contributed by atoms with Gasteiger partial charge < -0.3 is 4.74 Å². The second-order valence-corrected chi connectivity index (χ2v) is 5.99. The molecule has 2 aromatic rings. The molecule has 108 valence electrons. The van der Waals surface area contributed by atoms with Crippen molar-refractivity contribution in [1.29, 1.82) is 0 Å². The number of anilines is 1. The first-order chi connectivity index (χ1) is 9.42. The van der Waals surface area contributed by atoms with Crippen molar-refractivity contribution in [2.24, 2.45) is 7.05 Å². The third-order valence-corrected chi connectivity index (χ3v) is 4.08. The Balaban J connectivity index is 2.24. The van der Waals surface area contributed by atoms with Gasteiger partial charge in [-0.2, -0.15) is 5.10 Å². The number of sulfonamides is 1. The molecule has 0 unspecified atom stereocenters. The predicted molar refractivity (Wildman–Crippen MR) is 76.4 cm³/mol. The minimum atomic E-state index is -3.61. The Hall–Kier alpha value is -2.02. The molecule has 0 aliphatic carbocycles. The third-order valence-electron chi connectivity index (χ3n) is 2.70. The number of aromatic nitrogens is 2. The molecule has 0 radical (unpaired) electrons. The minimum Gasteiger partial charge on any atom is -0.494 e. The second kappa shape index (κ2) is 5.54. The fourth-order valence-corrected chi connectivity index (χ4v) is 2.89. The van der Waals surface area contributed by atoms with Crippen molar-refractivity contribution in [2.45, 2.75) is 18.7 Å². The lowest BCUT2D eigenvalue weighted by atomic mass is 10.3. The maximum atomic E-state index is 12.2. The highest BCUT2D eigenvalue weighted by molar-refractivity contribution is 7.92. The zero-order chi connectivity index (χ0) is 14.8. The number of aryl methyl sites for hydroxylation is 2. The molecule has 0 saturated heterocycles. The van der Waals surface area contributed by atoms with Gasteiger partial charge in [-0.05, 0) is 38.1 Å². The van der Waals surface area contributed by atoms with Crippen LogP contribution in [-0.4, -0.2) is 24.8 Å². The first-order valence-corrected chi connectivity index (χ1v) is 7.66. The van der Waals surface area contributed by atoms with Crippen molar-refractivity contribution in [3.63, 3.8) is 0 Å². The Morgan fingerprint density at radius 3 is 2.45 bits per heavy atom. The monoisotopic (exact) mass is 295 g/mol. The van der Waals surface area contributed by atoms with Gasteiger partial charge in [-0.1, -0.05) is 0 Å². The number of ether oxygens (including phenoxy) is 1. The average molecular weight is 295 g/mol. The molecule has 1 aromatic heterocycles. The van der Waals surface area contributed by atoms with Crippen LogP contribution in [-0.2, 0) is 17.1 Å². The van der Waals surface area contributed by atoms with Gasteiger partial charge in [0.25, 0.3) is 10.0 Å². The summed E-state index contributed by atoms with van der Waals surface area (Å²) in [5.74, 6) is 0.643. The van der Waals surface area contributed by atoms with E-state index >= 15 is 0 Å². The highest BCUT2D eigenvalue weighted by Gasteiger charge is 2.16. The van der Waals surface area contributed by atoms with Crippen molar-refractivity contribution in [3.8, 4) is 5.75 Å². The van der Waals surface area contributed by atoms with E-state index in [-0.39, 0.29) is 4.90 Å². The summed E-state index contributed by atoms with van der Waals surface area (Å²) in [6, 6.07) is 6.29. The number of nitrogens with zero attached hydrogens (tertiary/aromatic N) is 2. The number of hydrogen-bond acceptors (Lipinski definition) is 4. The number of hydrogen-bond donors (Lipinski definition) is 1. The van der Waals surface area contributed by atoms with E-state index in [0.717, 1.165) is 0 Å². The summed E-state index contributed by atoms with van der Waals surface area (Å²) >= 11 is 0. The summed E-state index contributed by atoms with van der Waals surface area (Å²) in [5.41, 5.74) is 1.10. The summed E-state index contributed by atoms with van der Waals surface area (Å²) in [7, 11) is -1.88. The zero-order valence-corrected chi connectivity index (χ0v) is 12.4. The Morgan fingerprint density at radius 1 is 1.30 bits per heavy atom. The SMILES string of the molecule is CCOc1ccc(S(=O)(=O)Nc2cn(C)nc2C)cc1. The molecule has 0 aliphatic rings. The average Bonchev–Trinajstić information content (AvgIpc) is 2.68. The van der Waals surface area contributed by atoms with Crippen LogP contribution in [0.2, 0.25) is 0 Å². The van der Waals surface area contributed by atoms with E-state index in [4.69, 9.17) is 4.74 Å². The summed E-state index contributed by atoms with van der Waals surface area (Å²) in [5, 5.41) is 4.10. The Bertz CT molecular complexity index is 690. The van der Waals surface area contributed by atoms with Crippen LogP contribution in [0.4, 0.5) is 5.69 Å². The van der Waals surface area contributed by atoms with Crippen LogP contribution in [0.3, 0.4) is 0 Å². The highest BCUT2D eigenvalue weighted by Crippen LogP contribution is 2.20. The zero-order valence-electron chi connectivity index (χ0n) is 11.6. The van der Waals surface area contributed by atoms with Gasteiger partial charge in [0.05, 0.1) is 22.9 Å². The van der Waals surface area contributed by atoms with Gasteiger partial charge >= 0.3 is 0 Å². The van der Waals surface area contributed by atoms with Crippen molar-refractivity contribution in [2.75, 3.05) is 11.3 Å². The molecule has 0 saturated carbocycles.